The van der Waals surface area contributed by atoms with Crippen molar-refractivity contribution in [2.75, 3.05) is 31.8 Å². The van der Waals surface area contributed by atoms with Crippen LogP contribution in [0.2, 0.25) is 0 Å². The molecule has 2 rings (SSSR count). The SMILES string of the molecule is COc1ccc(C(=N)N)c(N2CC(CO)OCC2C)c1. The van der Waals surface area contributed by atoms with Gasteiger partial charge in [0, 0.05) is 24.2 Å². The first-order valence-electron chi connectivity index (χ1n) is 6.58. The van der Waals surface area contributed by atoms with E-state index in [1.165, 1.54) is 0 Å². The predicted octanol–water partition coefficient (Wildman–Crippen LogP) is 0.565. The van der Waals surface area contributed by atoms with Crippen LogP contribution in [0.1, 0.15) is 12.5 Å². The van der Waals surface area contributed by atoms with E-state index in [9.17, 15) is 5.11 Å². The van der Waals surface area contributed by atoms with E-state index in [0.717, 1.165) is 5.69 Å². The molecule has 0 amide bonds. The lowest BCUT2D eigenvalue weighted by Crippen LogP contribution is -2.50. The minimum absolute atomic E-state index is 0.0156. The number of nitrogens with one attached hydrogen (secondary N) is 1. The van der Waals surface area contributed by atoms with Crippen LogP contribution in [0, 0.1) is 5.41 Å². The van der Waals surface area contributed by atoms with Crippen molar-refractivity contribution >= 4 is 11.5 Å². The predicted molar refractivity (Wildman–Crippen MR) is 77.6 cm³/mol. The van der Waals surface area contributed by atoms with Gasteiger partial charge in [-0.3, -0.25) is 5.41 Å². The number of ether oxygens (including phenoxy) is 2. The Hall–Kier alpha value is -1.79. The molecular weight excluding hydrogens is 258 g/mol. The minimum Gasteiger partial charge on any atom is -0.497 e. The lowest BCUT2D eigenvalue weighted by molar-refractivity contribution is -0.0103. The number of aliphatic hydroxyl groups excluding tert-OH is 1. The summed E-state index contributed by atoms with van der Waals surface area (Å²) in [5.41, 5.74) is 7.16. The minimum atomic E-state index is -0.225. The summed E-state index contributed by atoms with van der Waals surface area (Å²) in [7, 11) is 1.60. The Morgan fingerprint density at radius 3 is 2.95 bits per heavy atom. The monoisotopic (exact) mass is 279 g/mol. The standard InChI is InChI=1S/C14H21N3O3/c1-9-8-20-11(7-18)6-17(9)13-5-10(19-2)3-4-12(13)14(15)16/h3-5,9,11,18H,6-8H2,1-2H3,(H3,15,16). The van der Waals surface area contributed by atoms with Gasteiger partial charge in [0.05, 0.1) is 32.1 Å². The van der Waals surface area contributed by atoms with Crippen LogP contribution in [-0.2, 0) is 4.74 Å². The summed E-state index contributed by atoms with van der Waals surface area (Å²) in [6.45, 7) is 3.10. The van der Waals surface area contributed by atoms with Crippen LogP contribution in [0.25, 0.3) is 0 Å². The van der Waals surface area contributed by atoms with Crippen molar-refractivity contribution in [3.8, 4) is 5.75 Å². The van der Waals surface area contributed by atoms with E-state index in [2.05, 4.69) is 4.90 Å². The molecule has 0 saturated carbocycles. The van der Waals surface area contributed by atoms with Crippen LogP contribution in [-0.4, -0.2) is 50.0 Å². The molecule has 0 spiro atoms. The Morgan fingerprint density at radius 1 is 1.60 bits per heavy atom. The number of hydrogen-bond acceptors (Lipinski definition) is 5. The highest BCUT2D eigenvalue weighted by Gasteiger charge is 2.28. The van der Waals surface area contributed by atoms with Crippen molar-refractivity contribution in [2.45, 2.75) is 19.1 Å². The number of nitrogens with two attached hydrogens (primary N) is 1. The molecule has 1 aromatic rings. The lowest BCUT2D eigenvalue weighted by atomic mass is 10.1. The molecule has 1 aliphatic rings. The lowest BCUT2D eigenvalue weighted by Gasteiger charge is -2.40. The van der Waals surface area contributed by atoms with Gasteiger partial charge in [0.15, 0.2) is 0 Å². The second-order valence-corrected chi connectivity index (χ2v) is 4.94. The van der Waals surface area contributed by atoms with Gasteiger partial charge in [0.25, 0.3) is 0 Å². The Kier molecular flexibility index (Phi) is 4.46. The molecule has 1 fully saturated rings. The fourth-order valence-electron chi connectivity index (χ4n) is 2.37. The fraction of sp³-hybridized carbons (Fsp3) is 0.500. The highest BCUT2D eigenvalue weighted by molar-refractivity contribution is 6.00. The molecule has 0 radical (unpaired) electrons. The van der Waals surface area contributed by atoms with Gasteiger partial charge in [-0.15, -0.1) is 0 Å². The van der Waals surface area contributed by atoms with E-state index < -0.39 is 0 Å². The molecule has 0 aromatic heterocycles. The van der Waals surface area contributed by atoms with Crippen LogP contribution in [0.5, 0.6) is 5.75 Å². The summed E-state index contributed by atoms with van der Waals surface area (Å²) in [5.74, 6) is 0.728. The van der Waals surface area contributed by atoms with Gasteiger partial charge >= 0.3 is 0 Å². The highest BCUT2D eigenvalue weighted by atomic mass is 16.5. The number of benzene rings is 1. The second-order valence-electron chi connectivity index (χ2n) is 4.94. The third-order valence-corrected chi connectivity index (χ3v) is 3.51. The van der Waals surface area contributed by atoms with Crippen molar-refractivity contribution in [3.63, 3.8) is 0 Å². The first-order chi connectivity index (χ1) is 9.56. The molecule has 0 bridgehead atoms. The van der Waals surface area contributed by atoms with Crippen molar-refractivity contribution in [1.82, 2.24) is 0 Å². The number of nitrogens with zero attached hydrogens (tertiary/aromatic N) is 1. The average molecular weight is 279 g/mol. The number of anilines is 1. The van der Waals surface area contributed by atoms with E-state index in [4.69, 9.17) is 20.6 Å². The third-order valence-electron chi connectivity index (χ3n) is 3.51. The molecule has 20 heavy (non-hydrogen) atoms. The first kappa shape index (κ1) is 14.6. The number of amidine groups is 1. The Labute approximate surface area is 118 Å². The summed E-state index contributed by atoms with van der Waals surface area (Å²) >= 11 is 0. The van der Waals surface area contributed by atoms with Gasteiger partial charge in [0.1, 0.15) is 11.6 Å². The van der Waals surface area contributed by atoms with Crippen molar-refractivity contribution < 1.29 is 14.6 Å². The van der Waals surface area contributed by atoms with E-state index >= 15 is 0 Å². The van der Waals surface area contributed by atoms with Crippen LogP contribution < -0.4 is 15.4 Å². The van der Waals surface area contributed by atoms with Gasteiger partial charge in [-0.2, -0.15) is 0 Å². The van der Waals surface area contributed by atoms with Crippen LogP contribution in [0.3, 0.4) is 0 Å². The molecule has 1 heterocycles. The average Bonchev–Trinajstić information content (AvgIpc) is 2.47. The Morgan fingerprint density at radius 2 is 2.35 bits per heavy atom. The van der Waals surface area contributed by atoms with Gasteiger partial charge in [0.2, 0.25) is 0 Å². The number of rotatable bonds is 4. The summed E-state index contributed by atoms with van der Waals surface area (Å²) < 4.78 is 10.8. The maximum absolute atomic E-state index is 9.28. The summed E-state index contributed by atoms with van der Waals surface area (Å²) in [4.78, 5) is 2.10. The maximum Gasteiger partial charge on any atom is 0.124 e. The second kappa shape index (κ2) is 6.11. The first-order valence-corrected chi connectivity index (χ1v) is 6.58. The van der Waals surface area contributed by atoms with Crippen molar-refractivity contribution in [2.24, 2.45) is 5.73 Å². The normalized spacial score (nSPS) is 22.6. The van der Waals surface area contributed by atoms with Crippen LogP contribution in [0.4, 0.5) is 5.69 Å². The molecule has 6 nitrogen and oxygen atoms in total. The summed E-state index contributed by atoms with van der Waals surface area (Å²) in [6.07, 6.45) is -0.225. The van der Waals surface area contributed by atoms with Crippen LogP contribution >= 0.6 is 0 Å². The molecule has 1 aliphatic heterocycles. The Balaban J connectivity index is 2.40. The van der Waals surface area contributed by atoms with E-state index in [0.29, 0.717) is 24.5 Å². The van der Waals surface area contributed by atoms with E-state index in [1.807, 2.05) is 13.0 Å². The molecule has 6 heteroatoms. The van der Waals surface area contributed by atoms with Crippen molar-refractivity contribution in [1.29, 1.82) is 5.41 Å². The molecule has 4 N–H and O–H groups in total. The molecule has 110 valence electrons. The fourth-order valence-corrected chi connectivity index (χ4v) is 2.37. The van der Waals surface area contributed by atoms with Gasteiger partial charge < -0.3 is 25.2 Å². The van der Waals surface area contributed by atoms with Gasteiger partial charge in [-0.1, -0.05) is 0 Å². The number of nitrogen functional groups attached to an aromatic ring is 1. The molecule has 2 unspecified atom stereocenters. The highest BCUT2D eigenvalue weighted by Crippen LogP contribution is 2.29. The van der Waals surface area contributed by atoms with Gasteiger partial charge in [-0.25, -0.2) is 0 Å². The smallest absolute Gasteiger partial charge is 0.124 e. The zero-order valence-electron chi connectivity index (χ0n) is 11.8. The quantitative estimate of drug-likeness (QED) is 0.553. The summed E-state index contributed by atoms with van der Waals surface area (Å²) in [5, 5.41) is 17.0. The molecule has 1 aromatic carbocycles. The molecule has 1 saturated heterocycles. The van der Waals surface area contributed by atoms with Crippen molar-refractivity contribution in [3.05, 3.63) is 23.8 Å². The zero-order chi connectivity index (χ0) is 14.7. The molecule has 0 aliphatic carbocycles. The number of aliphatic hydroxyl groups is 1. The number of hydrogen-bond donors (Lipinski definition) is 3. The topological polar surface area (TPSA) is 91.8 Å². The van der Waals surface area contributed by atoms with E-state index in [-0.39, 0.29) is 24.6 Å². The maximum atomic E-state index is 9.28. The molecular formula is C14H21N3O3. The zero-order valence-corrected chi connectivity index (χ0v) is 11.8. The Bertz CT molecular complexity index is 493. The summed E-state index contributed by atoms with van der Waals surface area (Å²) in [6, 6.07) is 5.58. The third kappa shape index (κ3) is 2.86. The number of morpholine rings is 1. The molecule has 2 atom stereocenters. The van der Waals surface area contributed by atoms with Crippen LogP contribution in [0.15, 0.2) is 18.2 Å². The number of methoxy groups -OCH3 is 1. The van der Waals surface area contributed by atoms with Gasteiger partial charge in [-0.05, 0) is 19.1 Å². The largest absolute Gasteiger partial charge is 0.497 e. The van der Waals surface area contributed by atoms with E-state index in [1.54, 1.807) is 19.2 Å².